The molecule has 1 aromatic carbocycles. The molecule has 100 valence electrons. The van der Waals surface area contributed by atoms with Crippen LogP contribution in [0.1, 0.15) is 18.2 Å². The maximum atomic E-state index is 4.38. The van der Waals surface area contributed by atoms with Crippen LogP contribution in [0.4, 0.5) is 11.5 Å². The molecule has 4 nitrogen and oxygen atoms in total. The molecule has 0 amide bonds. The van der Waals surface area contributed by atoms with Crippen LogP contribution < -0.4 is 10.2 Å². The van der Waals surface area contributed by atoms with Crippen LogP contribution in [-0.2, 0) is 13.0 Å². The Kier molecular flexibility index (Phi) is 4.34. The fraction of sp³-hybridized carbons (Fsp3) is 0.333. The third-order valence-corrected chi connectivity index (χ3v) is 3.15. The maximum absolute atomic E-state index is 4.38. The topological polar surface area (TPSA) is 41.1 Å². The Labute approximate surface area is 114 Å². The molecule has 0 radical (unpaired) electrons. The molecular formula is C15H20N4. The van der Waals surface area contributed by atoms with E-state index in [1.54, 1.807) is 6.20 Å². The minimum Gasteiger partial charge on any atom is -0.372 e. The average Bonchev–Trinajstić information content (AvgIpc) is 2.48. The SMILES string of the molecule is CCc1ccc(N(C)Cc2cnc(NC)cn2)cc1. The number of benzene rings is 1. The summed E-state index contributed by atoms with van der Waals surface area (Å²) in [7, 11) is 3.90. The van der Waals surface area contributed by atoms with E-state index in [-0.39, 0.29) is 0 Å². The summed E-state index contributed by atoms with van der Waals surface area (Å²) in [4.78, 5) is 10.8. The lowest BCUT2D eigenvalue weighted by atomic mass is 10.1. The number of nitrogens with one attached hydrogen (secondary N) is 1. The zero-order valence-corrected chi connectivity index (χ0v) is 11.7. The molecule has 0 aliphatic carbocycles. The summed E-state index contributed by atoms with van der Waals surface area (Å²) in [5, 5.41) is 2.96. The number of hydrogen-bond donors (Lipinski definition) is 1. The van der Waals surface area contributed by atoms with E-state index in [1.807, 2.05) is 13.2 Å². The molecule has 0 fully saturated rings. The molecule has 0 bridgehead atoms. The number of aromatic nitrogens is 2. The molecule has 19 heavy (non-hydrogen) atoms. The quantitative estimate of drug-likeness (QED) is 0.893. The van der Waals surface area contributed by atoms with Crippen LogP contribution in [0, 0.1) is 0 Å². The van der Waals surface area contributed by atoms with Gasteiger partial charge in [0, 0.05) is 19.8 Å². The van der Waals surface area contributed by atoms with Crippen molar-refractivity contribution in [1.29, 1.82) is 0 Å². The molecule has 1 heterocycles. The molecule has 0 aliphatic rings. The van der Waals surface area contributed by atoms with Crippen molar-refractivity contribution in [3.63, 3.8) is 0 Å². The summed E-state index contributed by atoms with van der Waals surface area (Å²) in [6.07, 6.45) is 4.63. The van der Waals surface area contributed by atoms with Crippen LogP contribution in [0.15, 0.2) is 36.7 Å². The first-order chi connectivity index (χ1) is 9.22. The summed E-state index contributed by atoms with van der Waals surface area (Å²) in [5.41, 5.74) is 3.51. The minimum atomic E-state index is 0.752. The van der Waals surface area contributed by atoms with Crippen LogP contribution in [0.5, 0.6) is 0 Å². The van der Waals surface area contributed by atoms with Gasteiger partial charge in [-0.3, -0.25) is 4.98 Å². The first-order valence-electron chi connectivity index (χ1n) is 6.51. The van der Waals surface area contributed by atoms with Gasteiger partial charge in [0.05, 0.1) is 24.6 Å². The van der Waals surface area contributed by atoms with Gasteiger partial charge in [-0.1, -0.05) is 19.1 Å². The number of aryl methyl sites for hydroxylation is 1. The molecule has 0 aliphatic heterocycles. The van der Waals surface area contributed by atoms with Crippen molar-refractivity contribution in [3.8, 4) is 0 Å². The van der Waals surface area contributed by atoms with Crippen molar-refractivity contribution in [2.75, 3.05) is 24.3 Å². The summed E-state index contributed by atoms with van der Waals surface area (Å²) >= 11 is 0. The van der Waals surface area contributed by atoms with E-state index >= 15 is 0 Å². The molecular weight excluding hydrogens is 236 g/mol. The molecule has 1 aromatic heterocycles. The normalized spacial score (nSPS) is 10.3. The molecule has 0 saturated carbocycles. The van der Waals surface area contributed by atoms with Gasteiger partial charge in [-0.05, 0) is 24.1 Å². The Hall–Kier alpha value is -2.10. The molecule has 0 spiro atoms. The predicted molar refractivity (Wildman–Crippen MR) is 79.5 cm³/mol. The predicted octanol–water partition coefficient (Wildman–Crippen LogP) is 2.72. The Morgan fingerprint density at radius 2 is 1.84 bits per heavy atom. The zero-order chi connectivity index (χ0) is 13.7. The van der Waals surface area contributed by atoms with E-state index in [1.165, 1.54) is 11.3 Å². The second-order valence-electron chi connectivity index (χ2n) is 4.52. The molecule has 1 N–H and O–H groups in total. The van der Waals surface area contributed by atoms with E-state index < -0.39 is 0 Å². The average molecular weight is 256 g/mol. The van der Waals surface area contributed by atoms with Gasteiger partial charge in [-0.15, -0.1) is 0 Å². The van der Waals surface area contributed by atoms with E-state index in [4.69, 9.17) is 0 Å². The highest BCUT2D eigenvalue weighted by atomic mass is 15.1. The van der Waals surface area contributed by atoms with Crippen molar-refractivity contribution in [3.05, 3.63) is 47.9 Å². The van der Waals surface area contributed by atoms with Gasteiger partial charge in [-0.25, -0.2) is 4.98 Å². The first kappa shape index (κ1) is 13.3. The lowest BCUT2D eigenvalue weighted by molar-refractivity contribution is 0.873. The Bertz CT molecular complexity index is 505. The van der Waals surface area contributed by atoms with Crippen LogP contribution in [-0.4, -0.2) is 24.1 Å². The monoisotopic (exact) mass is 256 g/mol. The number of hydrogen-bond acceptors (Lipinski definition) is 4. The zero-order valence-electron chi connectivity index (χ0n) is 11.7. The molecule has 2 rings (SSSR count). The molecule has 0 unspecified atom stereocenters. The van der Waals surface area contributed by atoms with Crippen molar-refractivity contribution in [1.82, 2.24) is 9.97 Å². The summed E-state index contributed by atoms with van der Waals surface area (Å²) in [5.74, 6) is 0.790. The van der Waals surface area contributed by atoms with E-state index in [0.29, 0.717) is 0 Å². The van der Waals surface area contributed by atoms with Gasteiger partial charge in [0.1, 0.15) is 5.82 Å². The molecule has 0 saturated heterocycles. The largest absolute Gasteiger partial charge is 0.372 e. The minimum absolute atomic E-state index is 0.752. The fourth-order valence-electron chi connectivity index (χ4n) is 1.89. The van der Waals surface area contributed by atoms with Gasteiger partial charge in [0.2, 0.25) is 0 Å². The van der Waals surface area contributed by atoms with Crippen molar-refractivity contribution in [2.24, 2.45) is 0 Å². The second kappa shape index (κ2) is 6.18. The third kappa shape index (κ3) is 3.44. The van der Waals surface area contributed by atoms with Crippen LogP contribution in [0.2, 0.25) is 0 Å². The lowest BCUT2D eigenvalue weighted by Crippen LogP contribution is -2.17. The number of rotatable bonds is 5. The second-order valence-corrected chi connectivity index (χ2v) is 4.52. The van der Waals surface area contributed by atoms with Crippen molar-refractivity contribution in [2.45, 2.75) is 19.9 Å². The van der Waals surface area contributed by atoms with Gasteiger partial charge < -0.3 is 10.2 Å². The van der Waals surface area contributed by atoms with E-state index in [0.717, 1.165) is 24.5 Å². The van der Waals surface area contributed by atoms with E-state index in [2.05, 4.69) is 58.4 Å². The Morgan fingerprint density at radius 1 is 1.11 bits per heavy atom. The first-order valence-corrected chi connectivity index (χ1v) is 6.51. The van der Waals surface area contributed by atoms with Gasteiger partial charge in [0.15, 0.2) is 0 Å². The highest BCUT2D eigenvalue weighted by Gasteiger charge is 2.03. The number of anilines is 2. The van der Waals surface area contributed by atoms with Crippen LogP contribution >= 0.6 is 0 Å². The van der Waals surface area contributed by atoms with Gasteiger partial charge >= 0.3 is 0 Å². The fourth-order valence-corrected chi connectivity index (χ4v) is 1.89. The molecule has 0 atom stereocenters. The molecule has 4 heteroatoms. The van der Waals surface area contributed by atoms with Crippen molar-refractivity contribution < 1.29 is 0 Å². The van der Waals surface area contributed by atoms with Crippen LogP contribution in [0.25, 0.3) is 0 Å². The van der Waals surface area contributed by atoms with E-state index in [9.17, 15) is 0 Å². The highest BCUT2D eigenvalue weighted by Crippen LogP contribution is 2.16. The maximum Gasteiger partial charge on any atom is 0.144 e. The van der Waals surface area contributed by atoms with Gasteiger partial charge in [-0.2, -0.15) is 0 Å². The lowest BCUT2D eigenvalue weighted by Gasteiger charge is -2.19. The standard InChI is InChI=1S/C15H20N4/c1-4-12-5-7-14(8-6-12)19(3)11-13-9-18-15(16-2)10-17-13/h5-10H,4,11H2,1-3H3,(H,16,18). The highest BCUT2D eigenvalue weighted by molar-refractivity contribution is 5.47. The van der Waals surface area contributed by atoms with Crippen LogP contribution in [0.3, 0.4) is 0 Å². The Balaban J connectivity index is 2.04. The van der Waals surface area contributed by atoms with Gasteiger partial charge in [0.25, 0.3) is 0 Å². The number of nitrogens with zero attached hydrogens (tertiary/aromatic N) is 3. The third-order valence-electron chi connectivity index (χ3n) is 3.15. The summed E-state index contributed by atoms with van der Waals surface area (Å²) in [6.45, 7) is 2.92. The van der Waals surface area contributed by atoms with Crippen molar-refractivity contribution >= 4 is 11.5 Å². The smallest absolute Gasteiger partial charge is 0.144 e. The Morgan fingerprint density at radius 3 is 2.37 bits per heavy atom. The summed E-state index contributed by atoms with van der Waals surface area (Å²) in [6, 6.07) is 8.63. The molecule has 2 aromatic rings. The summed E-state index contributed by atoms with van der Waals surface area (Å²) < 4.78 is 0.